The molecular weight excluding hydrogens is 175 g/mol. The molecule has 1 aromatic rings. The molecule has 64 valence electrons. The molecular formula is C8H9O3P. The SMILES string of the molecule is O=C(Cc1ccccc1)[PH](=O)O. The first kappa shape index (κ1) is 9.17. The molecule has 1 atom stereocenters. The van der Waals surface area contributed by atoms with E-state index in [2.05, 4.69) is 0 Å². The summed E-state index contributed by atoms with van der Waals surface area (Å²) in [4.78, 5) is 19.3. The summed E-state index contributed by atoms with van der Waals surface area (Å²) in [6.45, 7) is 0. The molecule has 0 radical (unpaired) electrons. The molecule has 0 saturated heterocycles. The average Bonchev–Trinajstić information content (AvgIpc) is 2.06. The standard InChI is InChI=1S/C8H9O3P/c9-8(12(10)11)6-7-4-2-1-3-5-7/h1-5,12H,6H2,(H,10,11). The Morgan fingerprint density at radius 3 is 2.42 bits per heavy atom. The highest BCUT2D eigenvalue weighted by Gasteiger charge is 2.07. The van der Waals surface area contributed by atoms with E-state index in [1.165, 1.54) is 0 Å². The van der Waals surface area contributed by atoms with Crippen LogP contribution < -0.4 is 0 Å². The topological polar surface area (TPSA) is 54.4 Å². The first-order valence-corrected chi connectivity index (χ1v) is 4.86. The van der Waals surface area contributed by atoms with Gasteiger partial charge in [-0.2, -0.15) is 0 Å². The van der Waals surface area contributed by atoms with Crippen molar-refractivity contribution in [2.24, 2.45) is 0 Å². The molecule has 12 heavy (non-hydrogen) atoms. The number of rotatable bonds is 3. The molecule has 1 rings (SSSR count). The fourth-order valence-electron chi connectivity index (χ4n) is 0.857. The van der Waals surface area contributed by atoms with E-state index in [0.717, 1.165) is 5.56 Å². The van der Waals surface area contributed by atoms with Crippen LogP contribution in [0.2, 0.25) is 0 Å². The lowest BCUT2D eigenvalue weighted by Crippen LogP contribution is -1.95. The van der Waals surface area contributed by atoms with E-state index in [9.17, 15) is 9.36 Å². The minimum atomic E-state index is -3.00. The molecule has 0 aromatic heterocycles. The van der Waals surface area contributed by atoms with E-state index in [1.54, 1.807) is 24.3 Å². The molecule has 0 bridgehead atoms. The molecule has 0 heterocycles. The lowest BCUT2D eigenvalue weighted by molar-refractivity contribution is -0.111. The van der Waals surface area contributed by atoms with E-state index in [0.29, 0.717) is 0 Å². The predicted octanol–water partition coefficient (Wildman–Crippen LogP) is 1.22. The van der Waals surface area contributed by atoms with Crippen molar-refractivity contribution in [2.75, 3.05) is 0 Å². The molecule has 0 spiro atoms. The zero-order valence-electron chi connectivity index (χ0n) is 6.36. The second-order valence-electron chi connectivity index (χ2n) is 2.39. The van der Waals surface area contributed by atoms with Gasteiger partial charge in [-0.1, -0.05) is 30.3 Å². The van der Waals surface area contributed by atoms with Gasteiger partial charge in [0.15, 0.2) is 0 Å². The highest BCUT2D eigenvalue weighted by Crippen LogP contribution is 2.17. The van der Waals surface area contributed by atoms with Crippen LogP contribution in [0.25, 0.3) is 0 Å². The van der Waals surface area contributed by atoms with Gasteiger partial charge in [0.05, 0.1) is 0 Å². The molecule has 0 amide bonds. The summed E-state index contributed by atoms with van der Waals surface area (Å²) in [6.07, 6.45) is 0.0507. The second-order valence-corrected chi connectivity index (χ2v) is 3.56. The maximum Gasteiger partial charge on any atom is 0.253 e. The molecule has 1 N–H and O–H groups in total. The van der Waals surface area contributed by atoms with Gasteiger partial charge in [0.25, 0.3) is 8.03 Å². The molecule has 0 saturated carbocycles. The Morgan fingerprint density at radius 1 is 1.33 bits per heavy atom. The summed E-state index contributed by atoms with van der Waals surface area (Å²) in [5.74, 6) is 0. The zero-order chi connectivity index (χ0) is 8.97. The van der Waals surface area contributed by atoms with E-state index in [1.807, 2.05) is 6.07 Å². The van der Waals surface area contributed by atoms with Gasteiger partial charge >= 0.3 is 0 Å². The van der Waals surface area contributed by atoms with Crippen molar-refractivity contribution in [1.82, 2.24) is 0 Å². The summed E-state index contributed by atoms with van der Waals surface area (Å²) in [5, 5.41) is 0. The van der Waals surface area contributed by atoms with Gasteiger partial charge in [0, 0.05) is 6.42 Å². The van der Waals surface area contributed by atoms with Crippen LogP contribution >= 0.6 is 8.03 Å². The Balaban J connectivity index is 2.65. The quantitative estimate of drug-likeness (QED) is 0.718. The number of hydrogen-bond donors (Lipinski definition) is 1. The van der Waals surface area contributed by atoms with Crippen molar-refractivity contribution in [3.63, 3.8) is 0 Å². The van der Waals surface area contributed by atoms with Gasteiger partial charge in [-0.25, -0.2) is 0 Å². The van der Waals surface area contributed by atoms with E-state index in [4.69, 9.17) is 4.89 Å². The van der Waals surface area contributed by atoms with Crippen LogP contribution in [0.3, 0.4) is 0 Å². The third-order valence-electron chi connectivity index (χ3n) is 1.45. The minimum absolute atomic E-state index is 0.0507. The Bertz CT molecular complexity index is 294. The first-order chi connectivity index (χ1) is 5.70. The van der Waals surface area contributed by atoms with Crippen LogP contribution in [0.5, 0.6) is 0 Å². The van der Waals surface area contributed by atoms with Crippen molar-refractivity contribution in [2.45, 2.75) is 6.42 Å². The molecule has 1 unspecified atom stereocenters. The molecule has 0 aliphatic rings. The summed E-state index contributed by atoms with van der Waals surface area (Å²) in [7, 11) is -3.00. The minimum Gasteiger partial charge on any atom is -0.341 e. The van der Waals surface area contributed by atoms with Gasteiger partial charge in [-0.3, -0.25) is 9.36 Å². The maximum absolute atomic E-state index is 10.8. The molecule has 0 fully saturated rings. The maximum atomic E-state index is 10.8. The molecule has 4 heteroatoms. The first-order valence-electron chi connectivity index (χ1n) is 3.50. The highest BCUT2D eigenvalue weighted by molar-refractivity contribution is 7.58. The third-order valence-corrected chi connectivity index (χ3v) is 2.10. The Hall–Kier alpha value is -0.920. The Morgan fingerprint density at radius 2 is 1.92 bits per heavy atom. The Kier molecular flexibility index (Phi) is 3.20. The van der Waals surface area contributed by atoms with Gasteiger partial charge in [-0.05, 0) is 5.56 Å². The number of carbonyl (C=O) groups is 1. The largest absolute Gasteiger partial charge is 0.341 e. The van der Waals surface area contributed by atoms with Crippen LogP contribution in [0.4, 0.5) is 0 Å². The van der Waals surface area contributed by atoms with E-state index in [-0.39, 0.29) is 6.42 Å². The van der Waals surface area contributed by atoms with Crippen molar-refractivity contribution in [3.8, 4) is 0 Å². The van der Waals surface area contributed by atoms with Crippen LogP contribution in [0.1, 0.15) is 5.56 Å². The number of benzene rings is 1. The lowest BCUT2D eigenvalue weighted by Gasteiger charge is -1.96. The van der Waals surface area contributed by atoms with Gasteiger partial charge in [0.1, 0.15) is 0 Å². The van der Waals surface area contributed by atoms with Crippen molar-refractivity contribution >= 4 is 13.6 Å². The Labute approximate surface area is 70.9 Å². The van der Waals surface area contributed by atoms with Crippen LogP contribution in [0, 0.1) is 0 Å². The van der Waals surface area contributed by atoms with Crippen molar-refractivity contribution < 1.29 is 14.3 Å². The van der Waals surface area contributed by atoms with Crippen LogP contribution in [-0.2, 0) is 15.8 Å². The third kappa shape index (κ3) is 2.61. The van der Waals surface area contributed by atoms with Crippen LogP contribution in [-0.4, -0.2) is 10.4 Å². The van der Waals surface area contributed by atoms with Gasteiger partial charge < -0.3 is 4.89 Å². The molecule has 1 aromatic carbocycles. The number of hydrogen-bond acceptors (Lipinski definition) is 2. The lowest BCUT2D eigenvalue weighted by atomic mass is 10.2. The average molecular weight is 184 g/mol. The van der Waals surface area contributed by atoms with Crippen molar-refractivity contribution in [1.29, 1.82) is 0 Å². The fraction of sp³-hybridized carbons (Fsp3) is 0.125. The number of carbonyl (C=O) groups excluding carboxylic acids is 1. The summed E-state index contributed by atoms with van der Waals surface area (Å²) >= 11 is 0. The molecule has 0 aliphatic heterocycles. The van der Waals surface area contributed by atoms with Crippen LogP contribution in [0.15, 0.2) is 30.3 Å². The van der Waals surface area contributed by atoms with Crippen molar-refractivity contribution in [3.05, 3.63) is 35.9 Å². The monoisotopic (exact) mass is 184 g/mol. The second kappa shape index (κ2) is 4.19. The predicted molar refractivity (Wildman–Crippen MR) is 46.4 cm³/mol. The van der Waals surface area contributed by atoms with E-state index < -0.39 is 13.6 Å². The fourth-order valence-corrected chi connectivity index (χ4v) is 1.21. The summed E-state index contributed by atoms with van der Waals surface area (Å²) < 4.78 is 10.3. The zero-order valence-corrected chi connectivity index (χ0v) is 7.36. The normalized spacial score (nSPS) is 12.4. The smallest absolute Gasteiger partial charge is 0.253 e. The van der Waals surface area contributed by atoms with Gasteiger partial charge in [0.2, 0.25) is 5.52 Å². The molecule has 0 aliphatic carbocycles. The highest BCUT2D eigenvalue weighted by atomic mass is 31.1. The van der Waals surface area contributed by atoms with Gasteiger partial charge in [-0.15, -0.1) is 0 Å². The van der Waals surface area contributed by atoms with E-state index >= 15 is 0 Å². The summed E-state index contributed by atoms with van der Waals surface area (Å²) in [6, 6.07) is 8.91. The summed E-state index contributed by atoms with van der Waals surface area (Å²) in [5.41, 5.74) is 0.182. The molecule has 3 nitrogen and oxygen atoms in total.